The summed E-state index contributed by atoms with van der Waals surface area (Å²) in [6.45, 7) is 0. The van der Waals surface area contributed by atoms with E-state index in [1.165, 1.54) is 6.07 Å². The van der Waals surface area contributed by atoms with Gasteiger partial charge in [-0.25, -0.2) is 4.79 Å². The average molecular weight is 288 g/mol. The van der Waals surface area contributed by atoms with Crippen LogP contribution in [0.15, 0.2) is 18.2 Å². The summed E-state index contributed by atoms with van der Waals surface area (Å²) < 4.78 is 38.5. The number of anilines is 1. The summed E-state index contributed by atoms with van der Waals surface area (Å²) >= 11 is 0. The van der Waals surface area contributed by atoms with Crippen LogP contribution in [0, 0.1) is 0 Å². The molecule has 4 N–H and O–H groups in total. The maximum absolute atomic E-state index is 12.8. The van der Waals surface area contributed by atoms with Crippen molar-refractivity contribution in [3.63, 3.8) is 0 Å². The Morgan fingerprint density at radius 3 is 2.30 bits per heavy atom. The lowest BCUT2D eigenvalue weighted by Gasteiger charge is -2.17. The zero-order valence-corrected chi connectivity index (χ0v) is 10.1. The number of carbonyl (C=O) groups is 2. The summed E-state index contributed by atoms with van der Waals surface area (Å²) in [4.78, 5) is 22.0. The Kier molecular flexibility index (Phi) is 3.11. The number of hydrogen-bond donors (Lipinski definition) is 3. The number of carboxylic acids is 1. The molecule has 20 heavy (non-hydrogen) atoms. The van der Waals surface area contributed by atoms with Crippen LogP contribution in [0.2, 0.25) is 0 Å². The molecule has 8 heteroatoms. The van der Waals surface area contributed by atoms with E-state index in [-0.39, 0.29) is 5.69 Å². The molecule has 0 unspecified atom stereocenters. The van der Waals surface area contributed by atoms with Crippen LogP contribution in [-0.4, -0.2) is 22.5 Å². The molecular weight excluding hydrogens is 277 g/mol. The third-order valence-corrected chi connectivity index (χ3v) is 3.13. The van der Waals surface area contributed by atoms with Gasteiger partial charge in [0.05, 0.1) is 11.1 Å². The minimum absolute atomic E-state index is 0.0118. The first-order valence-corrected chi connectivity index (χ1v) is 5.68. The molecule has 1 saturated carbocycles. The number of nitrogens with two attached hydrogens (primary N) is 1. The van der Waals surface area contributed by atoms with Crippen LogP contribution in [-0.2, 0) is 11.0 Å². The molecule has 1 aromatic carbocycles. The lowest BCUT2D eigenvalue weighted by Crippen LogP contribution is -2.31. The molecule has 108 valence electrons. The fraction of sp³-hybridized carbons (Fsp3) is 0.333. The predicted octanol–water partition coefficient (Wildman–Crippen LogP) is 1.83. The number of alkyl halides is 3. The van der Waals surface area contributed by atoms with Gasteiger partial charge in [-0.15, -0.1) is 0 Å². The van der Waals surface area contributed by atoms with Crippen molar-refractivity contribution in [1.82, 2.24) is 0 Å². The Bertz CT molecular complexity index is 580. The molecule has 0 saturated heterocycles. The van der Waals surface area contributed by atoms with Crippen molar-refractivity contribution in [2.45, 2.75) is 24.6 Å². The summed E-state index contributed by atoms with van der Waals surface area (Å²) in [6, 6.07) is 2.84. The van der Waals surface area contributed by atoms with Crippen molar-refractivity contribution in [3.05, 3.63) is 29.3 Å². The molecule has 5 nitrogen and oxygen atoms in total. The number of halogens is 3. The van der Waals surface area contributed by atoms with Gasteiger partial charge in [-0.2, -0.15) is 13.2 Å². The van der Waals surface area contributed by atoms with Crippen molar-refractivity contribution in [1.29, 1.82) is 0 Å². The van der Waals surface area contributed by atoms with Crippen LogP contribution in [0.4, 0.5) is 18.9 Å². The molecule has 1 fully saturated rings. The van der Waals surface area contributed by atoms with Crippen LogP contribution >= 0.6 is 0 Å². The van der Waals surface area contributed by atoms with E-state index < -0.39 is 34.7 Å². The largest absolute Gasteiger partial charge is 0.480 e. The third kappa shape index (κ3) is 2.54. The highest BCUT2D eigenvalue weighted by molar-refractivity contribution is 5.95. The van der Waals surface area contributed by atoms with Gasteiger partial charge in [0.15, 0.2) is 0 Å². The first-order chi connectivity index (χ1) is 9.16. The molecule has 0 aliphatic heterocycles. The monoisotopic (exact) mass is 288 g/mol. The zero-order valence-electron chi connectivity index (χ0n) is 10.1. The molecular formula is C12H11F3N2O3. The molecule has 0 aromatic heterocycles. The first-order valence-electron chi connectivity index (χ1n) is 5.68. The van der Waals surface area contributed by atoms with Gasteiger partial charge in [0.2, 0.25) is 5.91 Å². The van der Waals surface area contributed by atoms with E-state index >= 15 is 0 Å². The molecule has 1 aliphatic rings. The Labute approximate surface area is 111 Å². The molecule has 1 aromatic rings. The van der Waals surface area contributed by atoms with Gasteiger partial charge < -0.3 is 16.2 Å². The van der Waals surface area contributed by atoms with Crippen LogP contribution in [0.25, 0.3) is 0 Å². The van der Waals surface area contributed by atoms with Crippen molar-refractivity contribution in [2.75, 3.05) is 5.32 Å². The summed E-state index contributed by atoms with van der Waals surface area (Å²) in [6.07, 6.45) is -4.08. The van der Waals surface area contributed by atoms with Gasteiger partial charge in [0.1, 0.15) is 5.54 Å². The molecule has 0 bridgehead atoms. The van der Waals surface area contributed by atoms with Crippen LogP contribution in [0.1, 0.15) is 28.8 Å². The smallest absolute Gasteiger partial charge is 0.417 e. The predicted molar refractivity (Wildman–Crippen MR) is 63.2 cm³/mol. The number of primary amides is 1. The minimum atomic E-state index is -4.75. The summed E-state index contributed by atoms with van der Waals surface area (Å²) in [5.74, 6) is -2.31. The Morgan fingerprint density at radius 1 is 1.30 bits per heavy atom. The molecule has 2 rings (SSSR count). The second-order valence-electron chi connectivity index (χ2n) is 4.63. The standard InChI is InChI=1S/C12H11F3N2O3/c13-12(14,15)8-5-6(1-2-7(8)9(16)18)17-11(3-4-11)10(19)20/h1-2,5,17H,3-4H2,(H2,16,18)(H,19,20). The Morgan fingerprint density at radius 2 is 1.90 bits per heavy atom. The lowest BCUT2D eigenvalue weighted by molar-refractivity contribution is -0.139. The highest BCUT2D eigenvalue weighted by atomic mass is 19.4. The van der Waals surface area contributed by atoms with Crippen LogP contribution in [0.3, 0.4) is 0 Å². The topological polar surface area (TPSA) is 92.4 Å². The Hall–Kier alpha value is -2.25. The van der Waals surface area contributed by atoms with Crippen LogP contribution < -0.4 is 11.1 Å². The fourth-order valence-electron chi connectivity index (χ4n) is 1.87. The van der Waals surface area contributed by atoms with Gasteiger partial charge in [-0.05, 0) is 31.0 Å². The van der Waals surface area contributed by atoms with E-state index in [0.29, 0.717) is 18.9 Å². The molecule has 0 atom stereocenters. The zero-order chi connectivity index (χ0) is 15.1. The van der Waals surface area contributed by atoms with E-state index in [4.69, 9.17) is 10.8 Å². The summed E-state index contributed by atoms with van der Waals surface area (Å²) in [7, 11) is 0. The number of benzene rings is 1. The number of amides is 1. The fourth-order valence-corrected chi connectivity index (χ4v) is 1.87. The van der Waals surface area contributed by atoms with Gasteiger partial charge in [0.25, 0.3) is 0 Å². The number of hydrogen-bond acceptors (Lipinski definition) is 3. The SMILES string of the molecule is NC(=O)c1ccc(NC2(C(=O)O)CC2)cc1C(F)(F)F. The minimum Gasteiger partial charge on any atom is -0.480 e. The maximum Gasteiger partial charge on any atom is 0.417 e. The highest BCUT2D eigenvalue weighted by Crippen LogP contribution is 2.40. The maximum atomic E-state index is 12.8. The Balaban J connectivity index is 2.38. The third-order valence-electron chi connectivity index (χ3n) is 3.13. The van der Waals surface area contributed by atoms with E-state index in [0.717, 1.165) is 6.07 Å². The van der Waals surface area contributed by atoms with Gasteiger partial charge in [0, 0.05) is 5.69 Å². The van der Waals surface area contributed by atoms with E-state index in [9.17, 15) is 22.8 Å². The molecule has 1 amide bonds. The highest BCUT2D eigenvalue weighted by Gasteiger charge is 2.50. The number of carboxylic acid groups (broad SMARTS) is 1. The van der Waals surface area contributed by atoms with Gasteiger partial charge in [-0.1, -0.05) is 0 Å². The number of aliphatic carboxylic acids is 1. The first kappa shape index (κ1) is 14.2. The van der Waals surface area contributed by atoms with E-state index in [1.807, 2.05) is 0 Å². The van der Waals surface area contributed by atoms with Crippen molar-refractivity contribution >= 4 is 17.6 Å². The molecule has 0 heterocycles. The second-order valence-corrected chi connectivity index (χ2v) is 4.63. The molecule has 1 aliphatic carbocycles. The van der Waals surface area contributed by atoms with Crippen molar-refractivity contribution < 1.29 is 27.9 Å². The normalized spacial score (nSPS) is 16.6. The van der Waals surface area contributed by atoms with Crippen molar-refractivity contribution in [3.8, 4) is 0 Å². The van der Waals surface area contributed by atoms with Gasteiger partial charge in [-0.3, -0.25) is 4.79 Å². The summed E-state index contributed by atoms with van der Waals surface area (Å²) in [5, 5.41) is 11.5. The van der Waals surface area contributed by atoms with E-state index in [1.54, 1.807) is 0 Å². The van der Waals surface area contributed by atoms with Crippen molar-refractivity contribution in [2.24, 2.45) is 5.73 Å². The lowest BCUT2D eigenvalue weighted by atomic mass is 10.0. The quantitative estimate of drug-likeness (QED) is 0.788. The molecule has 0 radical (unpaired) electrons. The molecule has 0 spiro atoms. The van der Waals surface area contributed by atoms with Crippen LogP contribution in [0.5, 0.6) is 0 Å². The average Bonchev–Trinajstić information content (AvgIpc) is 3.08. The number of nitrogens with one attached hydrogen (secondary N) is 1. The number of rotatable bonds is 4. The number of carbonyl (C=O) groups excluding carboxylic acids is 1. The van der Waals surface area contributed by atoms with E-state index in [2.05, 4.69) is 5.32 Å². The van der Waals surface area contributed by atoms with Gasteiger partial charge >= 0.3 is 12.1 Å². The second kappa shape index (κ2) is 4.39. The summed E-state index contributed by atoms with van der Waals surface area (Å²) in [5.41, 5.74) is 1.84.